The molecule has 21 heteroatoms. The Morgan fingerprint density at radius 1 is 0.697 bits per heavy atom. The Kier molecular flexibility index (Phi) is 37.2. The van der Waals surface area contributed by atoms with Gasteiger partial charge in [-0.3, -0.25) is 23.2 Å². The van der Waals surface area contributed by atoms with Crippen LogP contribution in [0.25, 0.3) is 0 Å². The number of nitrogens with zero attached hydrogens (tertiary/aromatic N) is 2. The zero-order chi connectivity index (χ0) is 55.7. The maximum absolute atomic E-state index is 12.9. The Balaban J connectivity index is 1.82. The van der Waals surface area contributed by atoms with E-state index in [1.165, 1.54) is 31.7 Å². The number of rotatable bonds is 43. The molecule has 1 aromatic rings. The van der Waals surface area contributed by atoms with Gasteiger partial charge in [0.15, 0.2) is 12.3 Å². The van der Waals surface area contributed by atoms with E-state index in [1.807, 2.05) is 49.5 Å². The normalized spacial score (nSPS) is 19.9. The summed E-state index contributed by atoms with van der Waals surface area (Å²) in [5.74, 6) is -1.41. The number of unbranched alkanes of at least 4 members (excludes halogenated alkanes) is 11. The number of esters is 2. The molecule has 428 valence electrons. The first-order valence-corrected chi connectivity index (χ1v) is 29.8. The van der Waals surface area contributed by atoms with E-state index >= 15 is 0 Å². The fourth-order valence-corrected chi connectivity index (χ4v) is 9.36. The standard InChI is InChI=1S/C55H87N3O16P2/c1-3-5-6-7-8-9-10-11-12-13-14-15-16-17-21-24-27-30-33-36-39-50(60)69-43-47(72-51(61)40-37-34-31-28-25-22-19-18-20-23-26-29-32-35-38-46(59)4-2)44-70-75(65,66)74-76(67,68)71-45-48-52(62)53(63)54(73-48)58-42-41-49(56)57-55(58)64/h9-10,12-13,15-16,19-20,22-23,28-29,31-32,35,38,41-42,46-48,52-54,59,62-63H,3-8,11,14,17-18,21,24-27,30,33-34,36-37,39-40,43-45H2,1-2H3,(H,65,66)(H,67,68)(H2,56,57,64)/b10-9-,13-12-,16-15-,22-19-,23-20-,31-28-,32-29-,38-35+/t46-,47-,48-,52-,53-,54-/m1/s1. The summed E-state index contributed by atoms with van der Waals surface area (Å²) in [5, 5.41) is 30.5. The third-order valence-corrected chi connectivity index (χ3v) is 14.2. The Morgan fingerprint density at radius 2 is 1.22 bits per heavy atom. The summed E-state index contributed by atoms with van der Waals surface area (Å²) in [6.45, 7) is 1.73. The molecular weight excluding hydrogens is 1020 g/mol. The second-order valence-electron chi connectivity index (χ2n) is 18.2. The predicted octanol–water partition coefficient (Wildman–Crippen LogP) is 10.6. The quantitative estimate of drug-likeness (QED) is 0.0116. The van der Waals surface area contributed by atoms with Crippen LogP contribution in [0.1, 0.15) is 161 Å². The average molecular weight is 1110 g/mol. The number of aromatic nitrogens is 2. The van der Waals surface area contributed by atoms with Crippen molar-refractivity contribution < 1.29 is 71.4 Å². The minimum atomic E-state index is -5.45. The molecule has 1 aromatic heterocycles. The Hall–Kier alpha value is -4.36. The number of carbonyl (C=O) groups excluding carboxylic acids is 2. The van der Waals surface area contributed by atoms with Crippen LogP contribution in [-0.2, 0) is 46.3 Å². The number of aliphatic hydroxyl groups excluding tert-OH is 3. The van der Waals surface area contributed by atoms with Gasteiger partial charge >= 0.3 is 33.3 Å². The molecule has 0 amide bonds. The fourth-order valence-electron chi connectivity index (χ4n) is 7.25. The van der Waals surface area contributed by atoms with Gasteiger partial charge in [-0.1, -0.05) is 156 Å². The molecule has 1 aliphatic heterocycles. The van der Waals surface area contributed by atoms with Gasteiger partial charge in [0.2, 0.25) is 0 Å². The number of phosphoric acid groups is 2. The van der Waals surface area contributed by atoms with Crippen molar-refractivity contribution in [3.63, 3.8) is 0 Å². The lowest BCUT2D eigenvalue weighted by Crippen LogP contribution is -2.36. The summed E-state index contributed by atoms with van der Waals surface area (Å²) in [7, 11) is -10.9. The highest BCUT2D eigenvalue weighted by Gasteiger charge is 2.46. The van der Waals surface area contributed by atoms with Gasteiger partial charge in [0, 0.05) is 19.0 Å². The Morgan fingerprint density at radius 3 is 1.82 bits per heavy atom. The second kappa shape index (κ2) is 41.7. The van der Waals surface area contributed by atoms with Crippen molar-refractivity contribution in [1.29, 1.82) is 0 Å². The summed E-state index contributed by atoms with van der Waals surface area (Å²) in [4.78, 5) is 62.0. The van der Waals surface area contributed by atoms with Gasteiger partial charge < -0.3 is 45.1 Å². The molecule has 1 saturated heterocycles. The zero-order valence-electron chi connectivity index (χ0n) is 44.6. The van der Waals surface area contributed by atoms with E-state index in [-0.39, 0.29) is 18.7 Å². The number of carbonyl (C=O) groups is 2. The van der Waals surface area contributed by atoms with Crippen molar-refractivity contribution in [2.75, 3.05) is 25.6 Å². The van der Waals surface area contributed by atoms with Gasteiger partial charge in [-0.15, -0.1) is 0 Å². The summed E-state index contributed by atoms with van der Waals surface area (Å²) >= 11 is 0. The van der Waals surface area contributed by atoms with Crippen LogP contribution >= 0.6 is 15.6 Å². The van der Waals surface area contributed by atoms with Crippen molar-refractivity contribution in [2.24, 2.45) is 0 Å². The van der Waals surface area contributed by atoms with Gasteiger partial charge in [0.1, 0.15) is 30.7 Å². The van der Waals surface area contributed by atoms with E-state index in [1.54, 1.807) is 6.08 Å². The molecule has 2 heterocycles. The summed E-state index contributed by atoms with van der Waals surface area (Å²) in [6.07, 6.45) is 44.3. The third kappa shape index (κ3) is 33.7. The molecule has 8 atom stereocenters. The zero-order valence-corrected chi connectivity index (χ0v) is 46.4. The van der Waals surface area contributed by atoms with Crippen molar-refractivity contribution in [3.8, 4) is 0 Å². The lowest BCUT2D eigenvalue weighted by Gasteiger charge is -2.21. The van der Waals surface area contributed by atoms with E-state index < -0.39 is 89.8 Å². The van der Waals surface area contributed by atoms with Crippen LogP contribution in [0.2, 0.25) is 0 Å². The topological polar surface area (TPSA) is 286 Å². The van der Waals surface area contributed by atoms with Crippen LogP contribution in [-0.4, -0.2) is 96.9 Å². The molecule has 7 N–H and O–H groups in total. The molecule has 1 aliphatic rings. The van der Waals surface area contributed by atoms with Crippen LogP contribution < -0.4 is 11.4 Å². The Labute approximate surface area is 450 Å². The number of hydrogen-bond acceptors (Lipinski definition) is 16. The van der Waals surface area contributed by atoms with Crippen LogP contribution in [0.4, 0.5) is 5.82 Å². The molecule has 2 rings (SSSR count). The van der Waals surface area contributed by atoms with Gasteiger partial charge in [0.05, 0.1) is 19.3 Å². The first-order valence-electron chi connectivity index (χ1n) is 26.9. The van der Waals surface area contributed by atoms with Crippen molar-refractivity contribution in [3.05, 3.63) is 120 Å². The maximum Gasteiger partial charge on any atom is 0.481 e. The van der Waals surface area contributed by atoms with E-state index in [9.17, 15) is 48.6 Å². The molecule has 0 spiro atoms. The minimum absolute atomic E-state index is 0.0506. The maximum atomic E-state index is 12.9. The molecule has 0 radical (unpaired) electrons. The minimum Gasteiger partial charge on any atom is -0.462 e. The highest BCUT2D eigenvalue weighted by molar-refractivity contribution is 7.61. The fraction of sp³-hybridized carbons (Fsp3) is 0.600. The Bertz CT molecular complexity index is 2170. The molecule has 19 nitrogen and oxygen atoms in total. The molecular formula is C55H87N3O16P2. The summed E-state index contributed by atoms with van der Waals surface area (Å²) < 4.78 is 56.8. The molecule has 76 heavy (non-hydrogen) atoms. The number of hydrogen-bond donors (Lipinski definition) is 6. The van der Waals surface area contributed by atoms with Crippen LogP contribution in [0.3, 0.4) is 0 Å². The second-order valence-corrected chi connectivity index (χ2v) is 21.2. The SMILES string of the molecule is CCCCCC/C=C\C/C=C\C/C=C\CCCCCCCCC(=O)OC[C@H](COP(=O)(O)OP(=O)(O)OC[C@H]1O[C@@H](n2ccc(N)nc2=O)[C@H](O)[C@@H]1O)OC(=O)CCC/C=C\C/C=C\C/C=C\C/C=C\C=C\[C@H](O)CC. The lowest BCUT2D eigenvalue weighted by atomic mass is 10.1. The van der Waals surface area contributed by atoms with E-state index in [0.29, 0.717) is 32.1 Å². The van der Waals surface area contributed by atoms with Crippen LogP contribution in [0, 0.1) is 0 Å². The van der Waals surface area contributed by atoms with Crippen LogP contribution in [0.15, 0.2) is 114 Å². The van der Waals surface area contributed by atoms with Crippen LogP contribution in [0.5, 0.6) is 0 Å². The number of nitrogens with two attached hydrogens (primary N) is 1. The predicted molar refractivity (Wildman–Crippen MR) is 294 cm³/mol. The van der Waals surface area contributed by atoms with Gasteiger partial charge in [-0.2, -0.15) is 9.29 Å². The van der Waals surface area contributed by atoms with Crippen molar-refractivity contribution in [1.82, 2.24) is 9.55 Å². The molecule has 0 saturated carbocycles. The number of aliphatic hydroxyl groups is 3. The highest BCUT2D eigenvalue weighted by atomic mass is 31.3. The molecule has 0 aromatic carbocycles. The lowest BCUT2D eigenvalue weighted by molar-refractivity contribution is -0.161. The largest absolute Gasteiger partial charge is 0.481 e. The van der Waals surface area contributed by atoms with Crippen molar-refractivity contribution >= 4 is 33.4 Å². The number of phosphoric ester groups is 2. The molecule has 0 aliphatic carbocycles. The first kappa shape index (κ1) is 67.7. The molecule has 2 unspecified atom stereocenters. The third-order valence-electron chi connectivity index (χ3n) is 11.6. The van der Waals surface area contributed by atoms with E-state index in [0.717, 1.165) is 81.4 Å². The van der Waals surface area contributed by atoms with E-state index in [4.69, 9.17) is 29.0 Å². The first-order chi connectivity index (χ1) is 36.6. The summed E-state index contributed by atoms with van der Waals surface area (Å²) in [5.41, 5.74) is 4.58. The molecule has 0 bridgehead atoms. The number of nitrogen functional groups attached to an aromatic ring is 1. The van der Waals surface area contributed by atoms with Gasteiger partial charge in [0.25, 0.3) is 0 Å². The number of allylic oxidation sites excluding steroid dienone is 15. The smallest absolute Gasteiger partial charge is 0.462 e. The highest BCUT2D eigenvalue weighted by Crippen LogP contribution is 2.60. The van der Waals surface area contributed by atoms with Crippen molar-refractivity contribution in [2.45, 2.75) is 192 Å². The van der Waals surface area contributed by atoms with Gasteiger partial charge in [-0.05, 0) is 89.5 Å². The number of anilines is 1. The van der Waals surface area contributed by atoms with E-state index in [2.05, 4.69) is 64.8 Å². The monoisotopic (exact) mass is 1110 g/mol. The number of ether oxygens (including phenoxy) is 3. The van der Waals surface area contributed by atoms with Gasteiger partial charge in [-0.25, -0.2) is 13.9 Å². The summed E-state index contributed by atoms with van der Waals surface area (Å²) in [6, 6.07) is 1.24. The molecule has 1 fully saturated rings. The average Bonchev–Trinajstić information content (AvgIpc) is 3.66.